The molecule has 136 valence electrons. The molecule has 0 aromatic heterocycles. The molecule has 1 aliphatic carbocycles. The Morgan fingerprint density at radius 3 is 2.77 bits per heavy atom. The second kappa shape index (κ2) is 7.63. The third kappa shape index (κ3) is 3.68. The number of benzene rings is 2. The highest BCUT2D eigenvalue weighted by Gasteiger charge is 2.28. The first kappa shape index (κ1) is 17.3. The summed E-state index contributed by atoms with van der Waals surface area (Å²) in [6.07, 6.45) is 3.97. The lowest BCUT2D eigenvalue weighted by molar-refractivity contribution is 0.0952. The maximum Gasteiger partial charge on any atom is 0.163 e. The molecular weight excluding hydrogens is 322 g/mol. The lowest BCUT2D eigenvalue weighted by atomic mass is 9.97. The number of ketones is 1. The zero-order valence-corrected chi connectivity index (χ0v) is 15.5. The Kier molecular flexibility index (Phi) is 5.07. The van der Waals surface area contributed by atoms with E-state index < -0.39 is 0 Å². The summed E-state index contributed by atoms with van der Waals surface area (Å²) >= 11 is 0. The van der Waals surface area contributed by atoms with Crippen LogP contribution in [-0.4, -0.2) is 37.4 Å². The molecule has 4 rings (SSSR count). The van der Waals surface area contributed by atoms with Gasteiger partial charge in [0.1, 0.15) is 5.75 Å². The predicted octanol–water partition coefficient (Wildman–Crippen LogP) is 4.32. The topological polar surface area (TPSA) is 29.5 Å². The average Bonchev–Trinajstić information content (AvgIpc) is 3.09. The summed E-state index contributed by atoms with van der Waals surface area (Å²) in [7, 11) is 1.65. The zero-order chi connectivity index (χ0) is 17.9. The second-order valence-corrected chi connectivity index (χ2v) is 7.71. The quantitative estimate of drug-likeness (QED) is 0.770. The number of nitrogens with zero attached hydrogens (tertiary/aromatic N) is 1. The molecule has 26 heavy (non-hydrogen) atoms. The van der Waals surface area contributed by atoms with E-state index in [2.05, 4.69) is 41.3 Å². The molecule has 0 N–H and O–H groups in total. The fourth-order valence-electron chi connectivity index (χ4n) is 4.51. The number of carbonyl (C=O) groups is 1. The van der Waals surface area contributed by atoms with Gasteiger partial charge in [-0.25, -0.2) is 0 Å². The maximum absolute atomic E-state index is 12.8. The van der Waals surface area contributed by atoms with Gasteiger partial charge in [0.15, 0.2) is 5.78 Å². The van der Waals surface area contributed by atoms with Gasteiger partial charge in [-0.05, 0) is 60.9 Å². The summed E-state index contributed by atoms with van der Waals surface area (Å²) in [5.41, 5.74) is 3.50. The van der Waals surface area contributed by atoms with Crippen LogP contribution in [0.5, 0.6) is 5.75 Å². The molecule has 3 nitrogen and oxygen atoms in total. The zero-order valence-electron chi connectivity index (χ0n) is 15.5. The first-order valence-electron chi connectivity index (χ1n) is 9.70. The second-order valence-electron chi connectivity index (χ2n) is 7.71. The van der Waals surface area contributed by atoms with Gasteiger partial charge in [0.2, 0.25) is 0 Å². The molecular formula is C23H27NO2. The van der Waals surface area contributed by atoms with Crippen LogP contribution in [0.4, 0.5) is 0 Å². The van der Waals surface area contributed by atoms with E-state index in [0.717, 1.165) is 43.8 Å². The van der Waals surface area contributed by atoms with Gasteiger partial charge in [-0.15, -0.1) is 0 Å². The van der Waals surface area contributed by atoms with Crippen LogP contribution < -0.4 is 4.74 Å². The van der Waals surface area contributed by atoms with E-state index >= 15 is 0 Å². The molecule has 1 fully saturated rings. The predicted molar refractivity (Wildman–Crippen MR) is 104 cm³/mol. The number of hydrogen-bond donors (Lipinski definition) is 0. The summed E-state index contributed by atoms with van der Waals surface area (Å²) in [4.78, 5) is 15.3. The van der Waals surface area contributed by atoms with E-state index in [0.29, 0.717) is 18.3 Å². The van der Waals surface area contributed by atoms with Crippen LogP contribution in [0.25, 0.3) is 0 Å². The number of carbonyl (C=O) groups excluding carboxylic acids is 1. The highest BCUT2D eigenvalue weighted by Crippen LogP contribution is 2.31. The summed E-state index contributed by atoms with van der Waals surface area (Å²) in [6, 6.07) is 16.8. The Hall–Kier alpha value is -2.13. The van der Waals surface area contributed by atoms with E-state index in [4.69, 9.17) is 4.74 Å². The van der Waals surface area contributed by atoms with Gasteiger partial charge in [-0.3, -0.25) is 4.79 Å². The minimum Gasteiger partial charge on any atom is -0.497 e. The highest BCUT2D eigenvalue weighted by atomic mass is 16.5. The molecule has 2 aliphatic rings. The summed E-state index contributed by atoms with van der Waals surface area (Å²) in [5, 5.41) is 0. The monoisotopic (exact) mass is 349 g/mol. The molecule has 0 bridgehead atoms. The van der Waals surface area contributed by atoms with Gasteiger partial charge in [0.05, 0.1) is 7.11 Å². The van der Waals surface area contributed by atoms with Gasteiger partial charge in [0.25, 0.3) is 0 Å². The normalized spacial score (nSPS) is 23.5. The minimum absolute atomic E-state index is 0.278. The fraction of sp³-hybridized carbons (Fsp3) is 0.435. The van der Waals surface area contributed by atoms with Crippen LogP contribution in [0.15, 0.2) is 48.5 Å². The van der Waals surface area contributed by atoms with Crippen molar-refractivity contribution in [3.8, 4) is 5.75 Å². The lowest BCUT2D eigenvalue weighted by Crippen LogP contribution is -2.28. The molecule has 3 heteroatoms. The van der Waals surface area contributed by atoms with E-state index in [-0.39, 0.29) is 5.78 Å². The van der Waals surface area contributed by atoms with Crippen molar-refractivity contribution in [1.29, 1.82) is 0 Å². The van der Waals surface area contributed by atoms with E-state index in [9.17, 15) is 4.79 Å². The van der Waals surface area contributed by atoms with E-state index in [1.807, 2.05) is 12.1 Å². The molecule has 0 amide bonds. The molecule has 1 heterocycles. The summed E-state index contributed by atoms with van der Waals surface area (Å²) in [5.74, 6) is 2.15. The minimum atomic E-state index is 0.278. The Morgan fingerprint density at radius 1 is 1.12 bits per heavy atom. The molecule has 1 saturated heterocycles. The summed E-state index contributed by atoms with van der Waals surface area (Å²) < 4.78 is 5.30. The largest absolute Gasteiger partial charge is 0.497 e. The van der Waals surface area contributed by atoms with Crippen molar-refractivity contribution in [2.24, 2.45) is 5.92 Å². The molecule has 2 aromatic carbocycles. The van der Waals surface area contributed by atoms with Gasteiger partial charge in [-0.2, -0.15) is 0 Å². The first-order chi connectivity index (χ1) is 12.7. The summed E-state index contributed by atoms with van der Waals surface area (Å²) in [6.45, 7) is 3.31. The van der Waals surface area contributed by atoms with Gasteiger partial charge < -0.3 is 9.64 Å². The van der Waals surface area contributed by atoms with Crippen molar-refractivity contribution >= 4 is 5.78 Å². The van der Waals surface area contributed by atoms with Crippen LogP contribution in [0.3, 0.4) is 0 Å². The smallest absolute Gasteiger partial charge is 0.163 e. The highest BCUT2D eigenvalue weighted by molar-refractivity contribution is 5.98. The number of fused-ring (bicyclic) bond motifs is 1. The van der Waals surface area contributed by atoms with Crippen LogP contribution in [0, 0.1) is 5.92 Å². The first-order valence-corrected chi connectivity index (χ1v) is 9.70. The van der Waals surface area contributed by atoms with Gasteiger partial charge >= 0.3 is 0 Å². The van der Waals surface area contributed by atoms with Crippen molar-refractivity contribution in [2.75, 3.05) is 26.7 Å². The fourth-order valence-corrected chi connectivity index (χ4v) is 4.51. The third-order valence-corrected chi connectivity index (χ3v) is 5.97. The average molecular weight is 349 g/mol. The van der Waals surface area contributed by atoms with Crippen LogP contribution in [-0.2, 0) is 6.42 Å². The van der Waals surface area contributed by atoms with Crippen LogP contribution >= 0.6 is 0 Å². The molecule has 0 saturated carbocycles. The van der Waals surface area contributed by atoms with Crippen LogP contribution in [0.2, 0.25) is 0 Å². The SMILES string of the molecule is COc1ccc2c(c1)C(=O)CC(CN1CCC(c3ccccc3)C1)CC2. The standard InChI is InChI=1S/C23H27NO2/c1-26-21-10-9-19-8-7-17(13-23(25)22(19)14-21)15-24-12-11-20(16-24)18-5-3-2-4-6-18/h2-6,9-10,14,17,20H,7-8,11-13,15-16H2,1H3. The molecule has 2 unspecified atom stereocenters. The van der Waals surface area contributed by atoms with Crippen molar-refractivity contribution < 1.29 is 9.53 Å². The maximum atomic E-state index is 12.8. The number of hydrogen-bond acceptors (Lipinski definition) is 3. The number of Topliss-reactive ketones (excluding diaryl/α,β-unsaturated/α-hetero) is 1. The van der Waals surface area contributed by atoms with E-state index in [1.54, 1.807) is 7.11 Å². The number of methoxy groups -OCH3 is 1. The number of likely N-dealkylation sites (tertiary alicyclic amines) is 1. The Labute approximate surface area is 156 Å². The van der Waals surface area contributed by atoms with Crippen molar-refractivity contribution in [1.82, 2.24) is 4.90 Å². The number of aryl methyl sites for hydroxylation is 1. The van der Waals surface area contributed by atoms with Gasteiger partial charge in [-0.1, -0.05) is 36.4 Å². The van der Waals surface area contributed by atoms with Crippen LogP contribution in [0.1, 0.15) is 46.7 Å². The molecule has 1 aliphatic heterocycles. The Balaban J connectivity index is 1.39. The Bertz CT molecular complexity index is 771. The lowest BCUT2D eigenvalue weighted by Gasteiger charge is -2.22. The van der Waals surface area contributed by atoms with E-state index in [1.165, 1.54) is 17.5 Å². The van der Waals surface area contributed by atoms with Crippen molar-refractivity contribution in [3.63, 3.8) is 0 Å². The molecule has 2 atom stereocenters. The molecule has 0 spiro atoms. The van der Waals surface area contributed by atoms with Crippen molar-refractivity contribution in [2.45, 2.75) is 31.6 Å². The Morgan fingerprint density at radius 2 is 1.96 bits per heavy atom. The number of rotatable bonds is 4. The van der Waals surface area contributed by atoms with Gasteiger partial charge in [0, 0.05) is 25.1 Å². The third-order valence-electron chi connectivity index (χ3n) is 5.97. The molecule has 2 aromatic rings. The molecule has 0 radical (unpaired) electrons. The van der Waals surface area contributed by atoms with Crippen molar-refractivity contribution in [3.05, 3.63) is 65.2 Å². The number of ether oxygens (including phenoxy) is 1.